The first-order chi connectivity index (χ1) is 16.9. The molecule has 4 aromatic rings. The Kier molecular flexibility index (Phi) is 5.99. The minimum absolute atomic E-state index is 0.0584. The van der Waals surface area contributed by atoms with Crippen LogP contribution in [0.5, 0.6) is 0 Å². The van der Waals surface area contributed by atoms with Crippen LogP contribution in [0.2, 0.25) is 0 Å². The van der Waals surface area contributed by atoms with Crippen molar-refractivity contribution in [3.63, 3.8) is 0 Å². The average Bonchev–Trinajstić information content (AvgIpc) is 3.21. The molecule has 1 aliphatic rings. The van der Waals surface area contributed by atoms with Crippen molar-refractivity contribution >= 4 is 34.3 Å². The molecule has 2 heterocycles. The zero-order valence-corrected chi connectivity index (χ0v) is 20.0. The third kappa shape index (κ3) is 4.49. The van der Waals surface area contributed by atoms with Gasteiger partial charge in [0, 0.05) is 18.5 Å². The van der Waals surface area contributed by atoms with Crippen LogP contribution in [-0.2, 0) is 22.5 Å². The largest absolute Gasteiger partial charge is 0.465 e. The molecule has 7 heteroatoms. The van der Waals surface area contributed by atoms with Crippen molar-refractivity contribution in [3.8, 4) is 11.4 Å². The van der Waals surface area contributed by atoms with Crippen LogP contribution in [0.1, 0.15) is 29.8 Å². The van der Waals surface area contributed by atoms with Crippen LogP contribution in [0.15, 0.2) is 66.7 Å². The number of benzene rings is 3. The lowest BCUT2D eigenvalue weighted by Crippen LogP contribution is -2.40. The standard InChI is InChI=1S/C28H28N4O3/c1-17(2)16-32-25-12-10-20(28(34)35-3)15-23(25)30-26(32)19-9-11-21-22(14-19)31-27(33)24(29-21)13-18-7-5-4-6-8-18/h4-12,14-15,17,24,29H,13,16H2,1-3H3,(H,31,33)/t24-/m0/s1. The molecule has 0 bridgehead atoms. The lowest BCUT2D eigenvalue weighted by atomic mass is 10.0. The Labute approximate surface area is 204 Å². The van der Waals surface area contributed by atoms with Crippen LogP contribution in [0.4, 0.5) is 11.4 Å². The zero-order valence-electron chi connectivity index (χ0n) is 20.0. The predicted octanol–water partition coefficient (Wildman–Crippen LogP) is 5.12. The Bertz CT molecular complexity index is 1410. The number of ether oxygens (including phenoxy) is 1. The van der Waals surface area contributed by atoms with E-state index in [2.05, 4.69) is 29.0 Å². The van der Waals surface area contributed by atoms with E-state index >= 15 is 0 Å². The van der Waals surface area contributed by atoms with E-state index < -0.39 is 0 Å². The number of carbonyl (C=O) groups excluding carboxylic acids is 2. The van der Waals surface area contributed by atoms with E-state index in [1.807, 2.05) is 54.6 Å². The summed E-state index contributed by atoms with van der Waals surface area (Å²) >= 11 is 0. The van der Waals surface area contributed by atoms with Gasteiger partial charge in [-0.15, -0.1) is 0 Å². The molecule has 178 valence electrons. The lowest BCUT2D eigenvalue weighted by molar-refractivity contribution is -0.117. The van der Waals surface area contributed by atoms with E-state index in [1.165, 1.54) is 7.11 Å². The Hall–Kier alpha value is -4.13. The fourth-order valence-corrected chi connectivity index (χ4v) is 4.52. The molecular formula is C28H28N4O3. The highest BCUT2D eigenvalue weighted by Gasteiger charge is 2.26. The van der Waals surface area contributed by atoms with Crippen molar-refractivity contribution in [2.24, 2.45) is 5.92 Å². The molecule has 35 heavy (non-hydrogen) atoms. The van der Waals surface area contributed by atoms with Crippen LogP contribution in [0.25, 0.3) is 22.4 Å². The summed E-state index contributed by atoms with van der Waals surface area (Å²) in [5.74, 6) is 0.736. The van der Waals surface area contributed by atoms with Gasteiger partial charge in [-0.05, 0) is 47.9 Å². The van der Waals surface area contributed by atoms with E-state index in [-0.39, 0.29) is 17.9 Å². The van der Waals surface area contributed by atoms with Crippen LogP contribution in [0, 0.1) is 5.92 Å². The highest BCUT2D eigenvalue weighted by Crippen LogP contribution is 2.34. The van der Waals surface area contributed by atoms with Crippen molar-refractivity contribution in [2.75, 3.05) is 17.7 Å². The van der Waals surface area contributed by atoms with Gasteiger partial charge in [0.1, 0.15) is 11.9 Å². The molecule has 7 nitrogen and oxygen atoms in total. The van der Waals surface area contributed by atoms with Crippen molar-refractivity contribution < 1.29 is 14.3 Å². The van der Waals surface area contributed by atoms with Crippen molar-refractivity contribution in [1.82, 2.24) is 9.55 Å². The number of rotatable bonds is 6. The number of nitrogens with one attached hydrogen (secondary N) is 2. The Morgan fingerprint density at radius 2 is 1.86 bits per heavy atom. The van der Waals surface area contributed by atoms with Gasteiger partial charge in [-0.25, -0.2) is 9.78 Å². The number of methoxy groups -OCH3 is 1. The molecule has 0 spiro atoms. The van der Waals surface area contributed by atoms with Crippen LogP contribution in [0.3, 0.4) is 0 Å². The molecule has 0 saturated heterocycles. The quantitative estimate of drug-likeness (QED) is 0.384. The number of fused-ring (bicyclic) bond motifs is 2. The van der Waals surface area contributed by atoms with E-state index in [1.54, 1.807) is 12.1 Å². The Morgan fingerprint density at radius 3 is 2.60 bits per heavy atom. The molecule has 2 N–H and O–H groups in total. The van der Waals surface area contributed by atoms with Gasteiger partial charge < -0.3 is 19.9 Å². The van der Waals surface area contributed by atoms with Crippen molar-refractivity contribution in [1.29, 1.82) is 0 Å². The first kappa shape index (κ1) is 22.7. The maximum absolute atomic E-state index is 12.9. The van der Waals surface area contributed by atoms with E-state index in [0.29, 0.717) is 17.9 Å². The van der Waals surface area contributed by atoms with Crippen LogP contribution in [-0.4, -0.2) is 34.6 Å². The topological polar surface area (TPSA) is 85.2 Å². The van der Waals surface area contributed by atoms with Crippen molar-refractivity contribution in [3.05, 3.63) is 77.9 Å². The molecule has 1 aliphatic heterocycles. The van der Waals surface area contributed by atoms with Gasteiger partial charge in [0.25, 0.3) is 0 Å². The minimum Gasteiger partial charge on any atom is -0.465 e. The second-order valence-electron chi connectivity index (χ2n) is 9.27. The van der Waals surface area contributed by atoms with Gasteiger partial charge in [0.2, 0.25) is 5.91 Å². The van der Waals surface area contributed by atoms with Crippen molar-refractivity contribution in [2.45, 2.75) is 32.9 Å². The van der Waals surface area contributed by atoms with Crippen LogP contribution >= 0.6 is 0 Å². The van der Waals surface area contributed by atoms with Gasteiger partial charge >= 0.3 is 5.97 Å². The van der Waals surface area contributed by atoms with Crippen LogP contribution < -0.4 is 10.6 Å². The zero-order chi connectivity index (χ0) is 24.5. The molecule has 1 atom stereocenters. The highest BCUT2D eigenvalue weighted by atomic mass is 16.5. The summed E-state index contributed by atoms with van der Waals surface area (Å²) in [5.41, 5.74) is 5.75. The molecule has 0 fully saturated rings. The number of imidazole rings is 1. The molecule has 3 aromatic carbocycles. The molecular weight excluding hydrogens is 440 g/mol. The molecule has 0 unspecified atom stereocenters. The summed E-state index contributed by atoms with van der Waals surface area (Å²) in [6.45, 7) is 5.08. The average molecular weight is 469 g/mol. The van der Waals surface area contributed by atoms with Gasteiger partial charge in [0.05, 0.1) is 35.1 Å². The maximum atomic E-state index is 12.9. The second kappa shape index (κ2) is 9.25. The third-order valence-electron chi connectivity index (χ3n) is 6.18. The lowest BCUT2D eigenvalue weighted by Gasteiger charge is -2.27. The van der Waals surface area contributed by atoms with E-state index in [0.717, 1.165) is 45.9 Å². The monoisotopic (exact) mass is 468 g/mol. The highest BCUT2D eigenvalue weighted by molar-refractivity contribution is 6.04. The summed E-state index contributed by atoms with van der Waals surface area (Å²) < 4.78 is 7.03. The summed E-state index contributed by atoms with van der Waals surface area (Å²) in [4.78, 5) is 29.8. The van der Waals surface area contributed by atoms with Gasteiger partial charge in [0.15, 0.2) is 0 Å². The first-order valence-corrected chi connectivity index (χ1v) is 11.8. The Morgan fingerprint density at radius 1 is 1.06 bits per heavy atom. The van der Waals surface area contributed by atoms with E-state index in [4.69, 9.17) is 9.72 Å². The molecule has 5 rings (SSSR count). The SMILES string of the molecule is COC(=O)c1ccc2c(c1)nc(-c1ccc3c(c1)NC(=O)[C@H](Cc1ccccc1)N3)n2CC(C)C. The number of aromatic nitrogens is 2. The second-order valence-corrected chi connectivity index (χ2v) is 9.27. The number of carbonyl (C=O) groups is 2. The number of hydrogen-bond donors (Lipinski definition) is 2. The summed E-state index contributed by atoms with van der Waals surface area (Å²) in [6.07, 6.45) is 0.612. The molecule has 0 saturated carbocycles. The minimum atomic E-state index is -0.389. The van der Waals surface area contributed by atoms with E-state index in [9.17, 15) is 9.59 Å². The molecule has 0 radical (unpaired) electrons. The van der Waals surface area contributed by atoms with Gasteiger partial charge in [-0.1, -0.05) is 44.2 Å². The maximum Gasteiger partial charge on any atom is 0.337 e. The number of hydrogen-bond acceptors (Lipinski definition) is 5. The smallest absolute Gasteiger partial charge is 0.337 e. The summed E-state index contributed by atoms with van der Waals surface area (Å²) in [7, 11) is 1.37. The fourth-order valence-electron chi connectivity index (χ4n) is 4.52. The Balaban J connectivity index is 1.50. The van der Waals surface area contributed by atoms with Gasteiger partial charge in [-0.3, -0.25) is 4.79 Å². The van der Waals surface area contributed by atoms with Gasteiger partial charge in [-0.2, -0.15) is 0 Å². The molecule has 0 aliphatic carbocycles. The molecule has 1 amide bonds. The number of anilines is 2. The summed E-state index contributed by atoms with van der Waals surface area (Å²) in [6, 6.07) is 21.0. The fraction of sp³-hybridized carbons (Fsp3) is 0.250. The molecule has 1 aromatic heterocycles. The predicted molar refractivity (Wildman–Crippen MR) is 138 cm³/mol. The number of nitrogens with zero attached hydrogens (tertiary/aromatic N) is 2. The number of amides is 1. The first-order valence-electron chi connectivity index (χ1n) is 11.8. The summed E-state index contributed by atoms with van der Waals surface area (Å²) in [5, 5.41) is 6.45. The normalized spacial score (nSPS) is 15.0. The number of esters is 1. The third-order valence-corrected chi connectivity index (χ3v) is 6.18.